The molecule has 2 rings (SSSR count). The van der Waals surface area contributed by atoms with Crippen molar-refractivity contribution in [3.63, 3.8) is 0 Å². The second-order valence-electron chi connectivity index (χ2n) is 5.90. The lowest BCUT2D eigenvalue weighted by Gasteiger charge is -2.36. The maximum atomic E-state index is 9.88. The molecule has 1 fully saturated rings. The van der Waals surface area contributed by atoms with Gasteiger partial charge in [0.1, 0.15) is 0 Å². The van der Waals surface area contributed by atoms with E-state index in [0.717, 1.165) is 19.6 Å². The van der Waals surface area contributed by atoms with E-state index < -0.39 is 5.60 Å². The zero-order valence-electron chi connectivity index (χ0n) is 11.4. The first-order valence-electron chi connectivity index (χ1n) is 6.79. The summed E-state index contributed by atoms with van der Waals surface area (Å²) in [5.74, 6) is 0. The van der Waals surface area contributed by atoms with Crippen molar-refractivity contribution < 1.29 is 5.11 Å². The number of nitrogens with zero attached hydrogens (tertiary/aromatic N) is 1. The molecular weight excluding hydrogens is 224 g/mol. The summed E-state index contributed by atoms with van der Waals surface area (Å²) in [4.78, 5) is 2.35. The maximum Gasteiger partial charge on any atom is 0.0718 e. The van der Waals surface area contributed by atoms with Crippen LogP contribution in [-0.4, -0.2) is 41.3 Å². The molecular formula is C15H24N2O. The number of likely N-dealkylation sites (tertiary alicyclic amines) is 1. The van der Waals surface area contributed by atoms with E-state index in [1.807, 2.05) is 19.9 Å². The van der Waals surface area contributed by atoms with E-state index in [-0.39, 0.29) is 0 Å². The minimum absolute atomic E-state index is 0.489. The first kappa shape index (κ1) is 13.4. The number of piperidine rings is 1. The standard InChI is InChI=1S/C15H24N2O/c1-15(2,18)12-17-10-6-9-14(11-17)16-13-7-4-3-5-8-13/h3-5,7-8,14,16,18H,6,9-12H2,1-2H3. The lowest BCUT2D eigenvalue weighted by molar-refractivity contribution is 0.0286. The predicted octanol–water partition coefficient (Wildman–Crippen LogP) is 2.33. The molecule has 2 N–H and O–H groups in total. The maximum absolute atomic E-state index is 9.88. The number of anilines is 1. The van der Waals surface area contributed by atoms with Crippen molar-refractivity contribution in [2.24, 2.45) is 0 Å². The third-order valence-corrected chi connectivity index (χ3v) is 3.26. The van der Waals surface area contributed by atoms with Crippen LogP contribution in [0.25, 0.3) is 0 Å². The van der Waals surface area contributed by atoms with Gasteiger partial charge in [0.05, 0.1) is 5.60 Å². The van der Waals surface area contributed by atoms with Crippen LogP contribution >= 0.6 is 0 Å². The van der Waals surface area contributed by atoms with Gasteiger partial charge in [-0.15, -0.1) is 0 Å². The molecule has 1 aliphatic rings. The monoisotopic (exact) mass is 248 g/mol. The highest BCUT2D eigenvalue weighted by Gasteiger charge is 2.24. The Kier molecular flexibility index (Phi) is 4.25. The molecule has 3 nitrogen and oxygen atoms in total. The average molecular weight is 248 g/mol. The molecule has 100 valence electrons. The van der Waals surface area contributed by atoms with Crippen LogP contribution < -0.4 is 5.32 Å². The highest BCUT2D eigenvalue weighted by Crippen LogP contribution is 2.17. The first-order valence-corrected chi connectivity index (χ1v) is 6.79. The molecule has 0 aromatic heterocycles. The number of nitrogens with one attached hydrogen (secondary N) is 1. The molecule has 0 bridgehead atoms. The third-order valence-electron chi connectivity index (χ3n) is 3.26. The van der Waals surface area contributed by atoms with Crippen LogP contribution in [0.2, 0.25) is 0 Å². The van der Waals surface area contributed by atoms with E-state index in [1.165, 1.54) is 18.5 Å². The van der Waals surface area contributed by atoms with Gasteiger partial charge in [0, 0.05) is 24.8 Å². The molecule has 18 heavy (non-hydrogen) atoms. The predicted molar refractivity (Wildman–Crippen MR) is 75.8 cm³/mol. The number of aliphatic hydroxyl groups is 1. The Morgan fingerprint density at radius 3 is 2.72 bits per heavy atom. The second kappa shape index (κ2) is 5.72. The molecule has 1 unspecified atom stereocenters. The highest BCUT2D eigenvalue weighted by atomic mass is 16.3. The van der Waals surface area contributed by atoms with E-state index in [2.05, 4.69) is 34.5 Å². The van der Waals surface area contributed by atoms with Gasteiger partial charge in [0.2, 0.25) is 0 Å². The van der Waals surface area contributed by atoms with Crippen LogP contribution in [0.4, 0.5) is 5.69 Å². The second-order valence-corrected chi connectivity index (χ2v) is 5.90. The third kappa shape index (κ3) is 4.31. The number of hydrogen-bond acceptors (Lipinski definition) is 3. The van der Waals surface area contributed by atoms with Gasteiger partial charge in [-0.1, -0.05) is 18.2 Å². The number of β-amino-alcohol motifs (C(OH)–C–C–N with tert-alkyl or cyclic N) is 1. The Balaban J connectivity index is 1.87. The van der Waals surface area contributed by atoms with Gasteiger partial charge in [-0.25, -0.2) is 0 Å². The summed E-state index contributed by atoms with van der Waals surface area (Å²) in [5, 5.41) is 13.5. The smallest absolute Gasteiger partial charge is 0.0718 e. The van der Waals surface area contributed by atoms with Crippen LogP contribution in [0.1, 0.15) is 26.7 Å². The molecule has 0 amide bonds. The van der Waals surface area contributed by atoms with Crippen LogP contribution in [0.3, 0.4) is 0 Å². The Hall–Kier alpha value is -1.06. The van der Waals surface area contributed by atoms with E-state index >= 15 is 0 Å². The molecule has 1 heterocycles. The number of hydrogen-bond donors (Lipinski definition) is 2. The van der Waals surface area contributed by atoms with Gasteiger partial charge in [-0.2, -0.15) is 0 Å². The van der Waals surface area contributed by atoms with Crippen LogP contribution in [0, 0.1) is 0 Å². The molecule has 3 heteroatoms. The summed E-state index contributed by atoms with van der Waals surface area (Å²) in [6.45, 7) is 6.61. The van der Waals surface area contributed by atoms with Gasteiger partial charge in [0.25, 0.3) is 0 Å². The topological polar surface area (TPSA) is 35.5 Å². The molecule has 1 aromatic carbocycles. The Morgan fingerprint density at radius 2 is 2.06 bits per heavy atom. The molecule has 0 radical (unpaired) electrons. The lowest BCUT2D eigenvalue weighted by atomic mass is 10.0. The summed E-state index contributed by atoms with van der Waals surface area (Å²) in [5.41, 5.74) is 0.585. The fourth-order valence-corrected chi connectivity index (χ4v) is 2.63. The van der Waals surface area contributed by atoms with Gasteiger partial charge >= 0.3 is 0 Å². The fraction of sp³-hybridized carbons (Fsp3) is 0.600. The minimum atomic E-state index is -0.603. The van der Waals surface area contributed by atoms with Crippen molar-refractivity contribution in [1.82, 2.24) is 4.90 Å². The van der Waals surface area contributed by atoms with Crippen LogP contribution in [0.15, 0.2) is 30.3 Å². The molecule has 1 aromatic rings. The zero-order valence-corrected chi connectivity index (χ0v) is 11.4. The molecule has 1 aliphatic heterocycles. The summed E-state index contributed by atoms with van der Waals surface area (Å²) in [6.07, 6.45) is 2.40. The van der Waals surface area contributed by atoms with Crippen molar-refractivity contribution in [1.29, 1.82) is 0 Å². The summed E-state index contributed by atoms with van der Waals surface area (Å²) < 4.78 is 0. The summed E-state index contributed by atoms with van der Waals surface area (Å²) in [7, 11) is 0. The number of para-hydroxylation sites is 1. The average Bonchev–Trinajstić information content (AvgIpc) is 2.28. The van der Waals surface area contributed by atoms with E-state index in [0.29, 0.717) is 6.04 Å². The summed E-state index contributed by atoms with van der Waals surface area (Å²) in [6, 6.07) is 10.8. The molecule has 0 saturated carbocycles. The Morgan fingerprint density at radius 1 is 1.33 bits per heavy atom. The SMILES string of the molecule is CC(C)(O)CN1CCCC(Nc2ccccc2)C1. The van der Waals surface area contributed by atoms with Gasteiger partial charge in [0.15, 0.2) is 0 Å². The fourth-order valence-electron chi connectivity index (χ4n) is 2.63. The van der Waals surface area contributed by atoms with Crippen molar-refractivity contribution in [3.8, 4) is 0 Å². The lowest BCUT2D eigenvalue weighted by Crippen LogP contribution is -2.47. The van der Waals surface area contributed by atoms with Crippen molar-refractivity contribution in [2.45, 2.75) is 38.3 Å². The molecule has 1 saturated heterocycles. The van der Waals surface area contributed by atoms with Crippen molar-refractivity contribution in [3.05, 3.63) is 30.3 Å². The quantitative estimate of drug-likeness (QED) is 0.858. The van der Waals surface area contributed by atoms with E-state index in [4.69, 9.17) is 0 Å². The molecule has 0 aliphatic carbocycles. The number of rotatable bonds is 4. The van der Waals surface area contributed by atoms with Gasteiger partial charge in [-0.05, 0) is 45.4 Å². The van der Waals surface area contributed by atoms with Crippen LogP contribution in [0.5, 0.6) is 0 Å². The van der Waals surface area contributed by atoms with Crippen molar-refractivity contribution in [2.75, 3.05) is 25.0 Å². The molecule has 1 atom stereocenters. The largest absolute Gasteiger partial charge is 0.389 e. The van der Waals surface area contributed by atoms with E-state index in [1.54, 1.807) is 0 Å². The van der Waals surface area contributed by atoms with Gasteiger partial charge < -0.3 is 10.4 Å². The number of benzene rings is 1. The van der Waals surface area contributed by atoms with Gasteiger partial charge in [-0.3, -0.25) is 4.90 Å². The molecule has 0 spiro atoms. The minimum Gasteiger partial charge on any atom is -0.389 e. The Labute approximate surface area is 110 Å². The first-order chi connectivity index (χ1) is 8.53. The zero-order chi connectivity index (χ0) is 13.0. The van der Waals surface area contributed by atoms with E-state index in [9.17, 15) is 5.11 Å². The highest BCUT2D eigenvalue weighted by molar-refractivity contribution is 5.43. The van der Waals surface area contributed by atoms with Crippen molar-refractivity contribution >= 4 is 5.69 Å². The summed E-state index contributed by atoms with van der Waals surface area (Å²) >= 11 is 0. The van der Waals surface area contributed by atoms with Crippen LogP contribution in [-0.2, 0) is 0 Å². The Bertz CT molecular complexity index is 359. The normalized spacial score (nSPS) is 21.8.